The van der Waals surface area contributed by atoms with Crippen molar-refractivity contribution in [2.75, 3.05) is 5.32 Å². The van der Waals surface area contributed by atoms with Gasteiger partial charge in [0, 0.05) is 5.56 Å². The molecule has 30 heavy (non-hydrogen) atoms. The molecule has 0 saturated carbocycles. The van der Waals surface area contributed by atoms with Crippen LogP contribution >= 0.6 is 0 Å². The van der Waals surface area contributed by atoms with E-state index in [1.807, 2.05) is 57.2 Å². The monoisotopic (exact) mass is 401 g/mol. The molecule has 0 aliphatic carbocycles. The topological polar surface area (TPSA) is 84.8 Å². The van der Waals surface area contributed by atoms with Gasteiger partial charge in [-0.05, 0) is 38.5 Å². The van der Waals surface area contributed by atoms with E-state index in [9.17, 15) is 4.79 Å². The van der Waals surface area contributed by atoms with Gasteiger partial charge in [0.25, 0.3) is 5.91 Å². The lowest BCUT2D eigenvalue weighted by Gasteiger charge is -2.09. The largest absolute Gasteiger partial charge is 0.471 e. The van der Waals surface area contributed by atoms with Gasteiger partial charge in [-0.15, -0.1) is 0 Å². The summed E-state index contributed by atoms with van der Waals surface area (Å²) in [6.45, 7) is 6.33. The number of carbonyl (C=O) groups is 1. The lowest BCUT2D eigenvalue weighted by Crippen LogP contribution is -2.12. The molecule has 0 saturated heterocycles. The molecule has 152 valence electrons. The number of hydrogen-bond acceptors (Lipinski definition) is 4. The van der Waals surface area contributed by atoms with E-state index in [1.54, 1.807) is 23.1 Å². The van der Waals surface area contributed by atoms with Crippen molar-refractivity contribution < 1.29 is 9.53 Å². The molecule has 0 bridgehead atoms. The molecule has 0 aliphatic heterocycles. The number of hydrogen-bond donors (Lipinski definition) is 2. The van der Waals surface area contributed by atoms with Gasteiger partial charge in [0.05, 0.1) is 23.8 Å². The number of aromatic nitrogens is 4. The summed E-state index contributed by atoms with van der Waals surface area (Å²) in [5.41, 5.74) is 6.06. The van der Waals surface area contributed by atoms with Crippen molar-refractivity contribution >= 4 is 11.6 Å². The quantitative estimate of drug-likeness (QED) is 0.499. The highest BCUT2D eigenvalue weighted by molar-refractivity contribution is 6.03. The molecular formula is C23H23N5O2. The zero-order valence-corrected chi connectivity index (χ0v) is 17.1. The number of nitrogens with zero attached hydrogens (tertiary/aromatic N) is 3. The van der Waals surface area contributed by atoms with Gasteiger partial charge in [-0.25, -0.2) is 4.68 Å². The van der Waals surface area contributed by atoms with E-state index in [1.165, 1.54) is 11.1 Å². The van der Waals surface area contributed by atoms with Gasteiger partial charge in [-0.3, -0.25) is 9.89 Å². The molecule has 7 heteroatoms. The Bertz CT molecular complexity index is 1170. The van der Waals surface area contributed by atoms with Crippen molar-refractivity contribution in [3.05, 3.63) is 83.3 Å². The number of anilines is 1. The highest BCUT2D eigenvalue weighted by atomic mass is 16.5. The van der Waals surface area contributed by atoms with Gasteiger partial charge in [0.15, 0.2) is 6.73 Å². The van der Waals surface area contributed by atoms with Crippen LogP contribution in [0, 0.1) is 20.8 Å². The Morgan fingerprint density at radius 3 is 2.60 bits per heavy atom. The first-order valence-electron chi connectivity index (χ1n) is 9.64. The average molecular weight is 401 g/mol. The minimum absolute atomic E-state index is 0.251. The van der Waals surface area contributed by atoms with Gasteiger partial charge >= 0.3 is 0 Å². The lowest BCUT2D eigenvalue weighted by atomic mass is 10.1. The van der Waals surface area contributed by atoms with E-state index in [0.717, 1.165) is 22.6 Å². The number of benzene rings is 2. The van der Waals surface area contributed by atoms with Gasteiger partial charge in [-0.2, -0.15) is 10.2 Å². The molecule has 1 amide bonds. The molecule has 0 aliphatic rings. The Morgan fingerprint density at radius 2 is 1.83 bits per heavy atom. The second kappa shape index (κ2) is 8.24. The summed E-state index contributed by atoms with van der Waals surface area (Å²) >= 11 is 0. The molecule has 0 fully saturated rings. The van der Waals surface area contributed by atoms with Crippen LogP contribution in [0.4, 0.5) is 5.69 Å². The Labute approximate surface area is 174 Å². The summed E-state index contributed by atoms with van der Waals surface area (Å²) in [6.07, 6.45) is 3.30. The Morgan fingerprint density at radius 1 is 1.07 bits per heavy atom. The third kappa shape index (κ3) is 4.41. The van der Waals surface area contributed by atoms with Crippen LogP contribution in [0.2, 0.25) is 0 Å². The summed E-state index contributed by atoms with van der Waals surface area (Å²) in [7, 11) is 0. The first kappa shape index (κ1) is 19.4. The molecule has 4 aromatic rings. The summed E-state index contributed by atoms with van der Waals surface area (Å²) in [6, 6.07) is 15.7. The molecule has 2 aromatic heterocycles. The molecule has 0 unspecified atom stereocenters. The summed E-state index contributed by atoms with van der Waals surface area (Å²) < 4.78 is 7.44. The van der Waals surface area contributed by atoms with Crippen molar-refractivity contribution in [1.29, 1.82) is 0 Å². The predicted molar refractivity (Wildman–Crippen MR) is 115 cm³/mol. The maximum Gasteiger partial charge on any atom is 0.273 e. The standard InChI is InChI=1S/C23H23N5O2/c1-15-4-7-18(8-5-15)20-11-21(27-26-20)23(29)25-19-12-24-28(13-19)14-30-22-9-6-16(2)10-17(22)3/h4-13H,14H2,1-3H3,(H,25,29)(H,26,27). The predicted octanol–water partition coefficient (Wildman–Crippen LogP) is 4.49. The first-order valence-corrected chi connectivity index (χ1v) is 9.64. The maximum absolute atomic E-state index is 12.5. The number of H-pyrrole nitrogens is 1. The molecule has 2 N–H and O–H groups in total. The second-order valence-electron chi connectivity index (χ2n) is 7.30. The Balaban J connectivity index is 1.37. The maximum atomic E-state index is 12.5. The molecule has 0 radical (unpaired) electrons. The van der Waals surface area contributed by atoms with Crippen molar-refractivity contribution in [2.45, 2.75) is 27.5 Å². The number of nitrogens with one attached hydrogen (secondary N) is 2. The van der Waals surface area contributed by atoms with Gasteiger partial charge in [0.1, 0.15) is 11.4 Å². The fourth-order valence-corrected chi connectivity index (χ4v) is 3.10. The molecule has 7 nitrogen and oxygen atoms in total. The van der Waals surface area contributed by atoms with E-state index in [0.29, 0.717) is 11.4 Å². The van der Waals surface area contributed by atoms with Crippen LogP contribution in [-0.2, 0) is 6.73 Å². The van der Waals surface area contributed by atoms with Crippen molar-refractivity contribution in [3.8, 4) is 17.0 Å². The fourth-order valence-electron chi connectivity index (χ4n) is 3.10. The average Bonchev–Trinajstić information content (AvgIpc) is 3.38. The third-order valence-electron chi connectivity index (χ3n) is 4.74. The number of carbonyl (C=O) groups excluding carboxylic acids is 1. The summed E-state index contributed by atoms with van der Waals surface area (Å²) in [5.74, 6) is 0.526. The van der Waals surface area contributed by atoms with Crippen molar-refractivity contribution in [1.82, 2.24) is 20.0 Å². The Hall–Kier alpha value is -3.87. The number of aryl methyl sites for hydroxylation is 3. The van der Waals surface area contributed by atoms with E-state index in [4.69, 9.17) is 4.74 Å². The van der Waals surface area contributed by atoms with Crippen LogP contribution in [0.5, 0.6) is 5.75 Å². The number of amides is 1. The zero-order chi connectivity index (χ0) is 21.1. The van der Waals surface area contributed by atoms with Gasteiger partial charge < -0.3 is 10.1 Å². The normalized spacial score (nSPS) is 10.8. The second-order valence-corrected chi connectivity index (χ2v) is 7.30. The fraction of sp³-hybridized carbons (Fsp3) is 0.174. The zero-order valence-electron chi connectivity index (χ0n) is 17.1. The highest BCUT2D eigenvalue weighted by Crippen LogP contribution is 2.20. The third-order valence-corrected chi connectivity index (χ3v) is 4.74. The molecule has 0 atom stereocenters. The van der Waals surface area contributed by atoms with Crippen LogP contribution < -0.4 is 10.1 Å². The van der Waals surface area contributed by atoms with E-state index >= 15 is 0 Å². The SMILES string of the molecule is Cc1ccc(-c2cc(C(=O)Nc3cnn(COc4ccc(C)cc4C)c3)[nH]n2)cc1. The molecule has 2 aromatic carbocycles. The van der Waals surface area contributed by atoms with Crippen molar-refractivity contribution in [3.63, 3.8) is 0 Å². The van der Waals surface area contributed by atoms with E-state index in [-0.39, 0.29) is 12.6 Å². The highest BCUT2D eigenvalue weighted by Gasteiger charge is 2.12. The number of aromatic amines is 1. The van der Waals surface area contributed by atoms with Crippen molar-refractivity contribution in [2.24, 2.45) is 0 Å². The minimum Gasteiger partial charge on any atom is -0.471 e. The van der Waals surface area contributed by atoms with Crippen LogP contribution in [0.15, 0.2) is 60.9 Å². The smallest absolute Gasteiger partial charge is 0.273 e. The summed E-state index contributed by atoms with van der Waals surface area (Å²) in [4.78, 5) is 12.5. The summed E-state index contributed by atoms with van der Waals surface area (Å²) in [5, 5.41) is 14.1. The van der Waals surface area contributed by atoms with Crippen LogP contribution in [0.25, 0.3) is 11.3 Å². The number of ether oxygens (including phenoxy) is 1. The van der Waals surface area contributed by atoms with Gasteiger partial charge in [-0.1, -0.05) is 47.5 Å². The van der Waals surface area contributed by atoms with Gasteiger partial charge in [0.2, 0.25) is 0 Å². The Kier molecular flexibility index (Phi) is 5.34. The van der Waals surface area contributed by atoms with Crippen LogP contribution in [0.1, 0.15) is 27.2 Å². The minimum atomic E-state index is -0.282. The molecule has 2 heterocycles. The van der Waals surface area contributed by atoms with E-state index in [2.05, 4.69) is 26.7 Å². The molecule has 0 spiro atoms. The lowest BCUT2D eigenvalue weighted by molar-refractivity contribution is 0.102. The first-order chi connectivity index (χ1) is 14.5. The number of rotatable bonds is 6. The molecular weight excluding hydrogens is 378 g/mol. The van der Waals surface area contributed by atoms with Crippen LogP contribution in [-0.4, -0.2) is 25.9 Å². The van der Waals surface area contributed by atoms with E-state index < -0.39 is 0 Å². The molecule has 4 rings (SSSR count). The van der Waals surface area contributed by atoms with Crippen LogP contribution in [0.3, 0.4) is 0 Å².